The van der Waals surface area contributed by atoms with Gasteiger partial charge in [-0.3, -0.25) is 10.1 Å². The molecule has 0 radical (unpaired) electrons. The van der Waals surface area contributed by atoms with E-state index >= 15 is 0 Å². The standard InChI is InChI=1S/C13H21N3O3/c1-10(2)19-13-9-11(15(3)8-4-7-14)5-6-12(13)16(17)18/h5-6,9-10H,4,7-8,14H2,1-3H3. The predicted molar refractivity (Wildman–Crippen MR) is 75.8 cm³/mol. The summed E-state index contributed by atoms with van der Waals surface area (Å²) in [6, 6.07) is 4.91. The molecule has 2 N–H and O–H groups in total. The maximum Gasteiger partial charge on any atom is 0.311 e. The van der Waals surface area contributed by atoms with Gasteiger partial charge in [0, 0.05) is 31.4 Å². The molecular weight excluding hydrogens is 246 g/mol. The van der Waals surface area contributed by atoms with Crippen LogP contribution in [0, 0.1) is 10.1 Å². The average molecular weight is 267 g/mol. The van der Waals surface area contributed by atoms with Crippen LogP contribution >= 0.6 is 0 Å². The number of rotatable bonds is 7. The van der Waals surface area contributed by atoms with Crippen LogP contribution in [0.5, 0.6) is 5.75 Å². The van der Waals surface area contributed by atoms with Crippen molar-refractivity contribution in [3.8, 4) is 5.75 Å². The first kappa shape index (κ1) is 15.2. The molecule has 0 atom stereocenters. The van der Waals surface area contributed by atoms with E-state index in [4.69, 9.17) is 10.5 Å². The summed E-state index contributed by atoms with van der Waals surface area (Å²) in [7, 11) is 1.93. The van der Waals surface area contributed by atoms with Crippen LogP contribution in [0.2, 0.25) is 0 Å². The second kappa shape index (κ2) is 6.94. The van der Waals surface area contributed by atoms with Crippen molar-refractivity contribution in [1.29, 1.82) is 0 Å². The highest BCUT2D eigenvalue weighted by atomic mass is 16.6. The maximum absolute atomic E-state index is 11.0. The molecule has 106 valence electrons. The third-order valence-corrected chi connectivity index (χ3v) is 2.64. The van der Waals surface area contributed by atoms with Gasteiger partial charge in [-0.05, 0) is 32.9 Å². The smallest absolute Gasteiger partial charge is 0.311 e. The molecule has 0 bridgehead atoms. The highest BCUT2D eigenvalue weighted by Gasteiger charge is 2.17. The number of hydrogen-bond acceptors (Lipinski definition) is 5. The molecule has 0 saturated heterocycles. The van der Waals surface area contributed by atoms with Gasteiger partial charge in [-0.1, -0.05) is 0 Å². The molecule has 0 aromatic heterocycles. The van der Waals surface area contributed by atoms with E-state index in [0.29, 0.717) is 12.3 Å². The lowest BCUT2D eigenvalue weighted by molar-refractivity contribution is -0.386. The van der Waals surface area contributed by atoms with E-state index in [1.807, 2.05) is 25.8 Å². The molecule has 0 spiro atoms. The molecule has 0 unspecified atom stereocenters. The minimum absolute atomic E-state index is 0.00956. The molecule has 1 rings (SSSR count). The van der Waals surface area contributed by atoms with Crippen LogP contribution in [0.3, 0.4) is 0 Å². The summed E-state index contributed by atoms with van der Waals surface area (Å²) < 4.78 is 5.51. The van der Waals surface area contributed by atoms with E-state index in [1.54, 1.807) is 12.1 Å². The third-order valence-electron chi connectivity index (χ3n) is 2.64. The zero-order chi connectivity index (χ0) is 14.4. The number of nitrogens with zero attached hydrogens (tertiary/aromatic N) is 2. The number of nitro groups is 1. The van der Waals surface area contributed by atoms with Gasteiger partial charge in [0.25, 0.3) is 0 Å². The largest absolute Gasteiger partial charge is 0.484 e. The Morgan fingerprint density at radius 2 is 2.16 bits per heavy atom. The molecule has 6 nitrogen and oxygen atoms in total. The van der Waals surface area contributed by atoms with Crippen molar-refractivity contribution in [2.24, 2.45) is 5.73 Å². The van der Waals surface area contributed by atoms with Gasteiger partial charge in [0.1, 0.15) is 0 Å². The first-order valence-electron chi connectivity index (χ1n) is 6.32. The molecule has 0 saturated carbocycles. The van der Waals surface area contributed by atoms with Crippen molar-refractivity contribution in [2.75, 3.05) is 25.0 Å². The first-order valence-corrected chi connectivity index (χ1v) is 6.32. The minimum atomic E-state index is -0.429. The van der Waals surface area contributed by atoms with E-state index in [0.717, 1.165) is 18.7 Å². The molecule has 0 amide bonds. The fraction of sp³-hybridized carbons (Fsp3) is 0.538. The fourth-order valence-electron chi connectivity index (χ4n) is 1.70. The highest BCUT2D eigenvalue weighted by Crippen LogP contribution is 2.32. The Labute approximate surface area is 113 Å². The fourth-order valence-corrected chi connectivity index (χ4v) is 1.70. The molecule has 0 aliphatic rings. The van der Waals surface area contributed by atoms with Crippen molar-refractivity contribution in [1.82, 2.24) is 0 Å². The summed E-state index contributed by atoms with van der Waals surface area (Å²) in [5, 5.41) is 11.0. The summed E-state index contributed by atoms with van der Waals surface area (Å²) >= 11 is 0. The molecule has 19 heavy (non-hydrogen) atoms. The zero-order valence-corrected chi connectivity index (χ0v) is 11.6. The summed E-state index contributed by atoms with van der Waals surface area (Å²) in [5.74, 6) is 0.303. The van der Waals surface area contributed by atoms with Crippen molar-refractivity contribution in [2.45, 2.75) is 26.4 Å². The quantitative estimate of drug-likeness (QED) is 0.604. The summed E-state index contributed by atoms with van der Waals surface area (Å²) in [6.07, 6.45) is 0.761. The van der Waals surface area contributed by atoms with Gasteiger partial charge in [-0.2, -0.15) is 0 Å². The van der Waals surface area contributed by atoms with E-state index in [2.05, 4.69) is 0 Å². The van der Waals surface area contributed by atoms with Gasteiger partial charge in [-0.25, -0.2) is 0 Å². The van der Waals surface area contributed by atoms with E-state index in [1.165, 1.54) is 6.07 Å². The van der Waals surface area contributed by atoms with Crippen LogP contribution in [0.25, 0.3) is 0 Å². The molecular formula is C13H21N3O3. The van der Waals surface area contributed by atoms with Crippen LogP contribution in [0.15, 0.2) is 18.2 Å². The van der Waals surface area contributed by atoms with Gasteiger partial charge in [-0.15, -0.1) is 0 Å². The first-order chi connectivity index (χ1) is 8.95. The number of benzene rings is 1. The van der Waals surface area contributed by atoms with Crippen LogP contribution in [-0.4, -0.2) is 31.2 Å². The van der Waals surface area contributed by atoms with Gasteiger partial charge < -0.3 is 15.4 Å². The summed E-state index contributed by atoms with van der Waals surface area (Å²) in [4.78, 5) is 12.5. The number of anilines is 1. The maximum atomic E-state index is 11.0. The lowest BCUT2D eigenvalue weighted by Gasteiger charge is -2.20. The minimum Gasteiger partial charge on any atom is -0.484 e. The van der Waals surface area contributed by atoms with Gasteiger partial charge in [0.05, 0.1) is 11.0 Å². The zero-order valence-electron chi connectivity index (χ0n) is 11.6. The van der Waals surface area contributed by atoms with Crippen LogP contribution in [0.1, 0.15) is 20.3 Å². The number of nitrogens with two attached hydrogens (primary N) is 1. The second-order valence-corrected chi connectivity index (χ2v) is 4.64. The Morgan fingerprint density at radius 3 is 2.68 bits per heavy atom. The Balaban J connectivity index is 3.00. The summed E-state index contributed by atoms with van der Waals surface area (Å²) in [5.41, 5.74) is 6.35. The molecule has 0 aliphatic heterocycles. The van der Waals surface area contributed by atoms with E-state index in [-0.39, 0.29) is 11.8 Å². The SMILES string of the molecule is CC(C)Oc1cc(N(C)CCCN)ccc1[N+](=O)[O-]. The van der Waals surface area contributed by atoms with Crippen molar-refractivity contribution >= 4 is 11.4 Å². The lowest BCUT2D eigenvalue weighted by atomic mass is 10.2. The van der Waals surface area contributed by atoms with Crippen molar-refractivity contribution in [3.05, 3.63) is 28.3 Å². The third kappa shape index (κ3) is 4.40. The Bertz CT molecular complexity index is 435. The number of nitro benzene ring substituents is 1. The molecule has 0 heterocycles. The van der Waals surface area contributed by atoms with Gasteiger partial charge in [0.15, 0.2) is 5.75 Å². The molecule has 0 aliphatic carbocycles. The Hall–Kier alpha value is -1.82. The normalized spacial score (nSPS) is 10.6. The lowest BCUT2D eigenvalue weighted by Crippen LogP contribution is -2.21. The van der Waals surface area contributed by atoms with E-state index < -0.39 is 4.92 Å². The second-order valence-electron chi connectivity index (χ2n) is 4.64. The van der Waals surface area contributed by atoms with E-state index in [9.17, 15) is 10.1 Å². The highest BCUT2D eigenvalue weighted by molar-refractivity contribution is 5.59. The summed E-state index contributed by atoms with van der Waals surface area (Å²) in [6.45, 7) is 5.10. The van der Waals surface area contributed by atoms with Crippen molar-refractivity contribution in [3.63, 3.8) is 0 Å². The van der Waals surface area contributed by atoms with Gasteiger partial charge in [0.2, 0.25) is 0 Å². The van der Waals surface area contributed by atoms with Crippen LogP contribution < -0.4 is 15.4 Å². The van der Waals surface area contributed by atoms with Crippen LogP contribution in [0.4, 0.5) is 11.4 Å². The predicted octanol–water partition coefficient (Wildman–Crippen LogP) is 2.17. The Kier molecular flexibility index (Phi) is 5.57. The van der Waals surface area contributed by atoms with Crippen molar-refractivity contribution < 1.29 is 9.66 Å². The number of hydrogen-bond donors (Lipinski definition) is 1. The monoisotopic (exact) mass is 267 g/mol. The number of ether oxygens (including phenoxy) is 1. The molecule has 1 aromatic rings. The van der Waals surface area contributed by atoms with Gasteiger partial charge >= 0.3 is 5.69 Å². The molecule has 6 heteroatoms. The topological polar surface area (TPSA) is 81.6 Å². The average Bonchev–Trinajstić information content (AvgIpc) is 2.34. The van der Waals surface area contributed by atoms with Crippen LogP contribution in [-0.2, 0) is 0 Å². The Morgan fingerprint density at radius 1 is 1.47 bits per heavy atom. The molecule has 1 aromatic carbocycles. The molecule has 0 fully saturated rings.